The number of benzene rings is 1. The first-order chi connectivity index (χ1) is 8.06. The molecule has 0 saturated heterocycles. The summed E-state index contributed by atoms with van der Waals surface area (Å²) >= 11 is 0. The van der Waals surface area contributed by atoms with E-state index in [-0.39, 0.29) is 5.56 Å². The van der Waals surface area contributed by atoms with Gasteiger partial charge in [0.15, 0.2) is 0 Å². The molecule has 88 valence electrons. The lowest BCUT2D eigenvalue weighted by Crippen LogP contribution is -2.09. The molecule has 4 heteroatoms. The highest BCUT2D eigenvalue weighted by Crippen LogP contribution is 2.23. The molecule has 0 atom stereocenters. The van der Waals surface area contributed by atoms with Crippen molar-refractivity contribution < 1.29 is 0 Å². The van der Waals surface area contributed by atoms with Crippen LogP contribution in [0.4, 0.5) is 11.6 Å². The number of hydrogen-bond donors (Lipinski definition) is 2. The number of nitrogens with zero attached hydrogens (tertiary/aromatic N) is 1. The predicted octanol–water partition coefficient (Wildman–Crippen LogP) is 2.44. The fourth-order valence-corrected chi connectivity index (χ4v) is 1.93. The van der Waals surface area contributed by atoms with Gasteiger partial charge in [0.2, 0.25) is 5.95 Å². The molecule has 0 aliphatic heterocycles. The van der Waals surface area contributed by atoms with Gasteiger partial charge in [-0.15, -0.1) is 0 Å². The summed E-state index contributed by atoms with van der Waals surface area (Å²) in [6.07, 6.45) is 1.49. The Balaban J connectivity index is 2.40. The van der Waals surface area contributed by atoms with Crippen molar-refractivity contribution in [2.45, 2.75) is 20.8 Å². The van der Waals surface area contributed by atoms with Gasteiger partial charge in [-0.25, -0.2) is 4.98 Å². The van der Waals surface area contributed by atoms with Gasteiger partial charge < -0.3 is 5.32 Å². The molecular formula is C13H15N3O. The molecule has 0 saturated carbocycles. The Morgan fingerprint density at radius 1 is 1.18 bits per heavy atom. The maximum Gasteiger partial charge on any atom is 0.252 e. The highest BCUT2D eigenvalue weighted by Gasteiger charge is 2.04. The van der Waals surface area contributed by atoms with Gasteiger partial charge in [0, 0.05) is 18.0 Å². The molecule has 0 unspecified atom stereocenters. The highest BCUT2D eigenvalue weighted by atomic mass is 16.1. The zero-order valence-electron chi connectivity index (χ0n) is 10.2. The monoisotopic (exact) mass is 229 g/mol. The Hall–Kier alpha value is -2.10. The van der Waals surface area contributed by atoms with Crippen LogP contribution >= 0.6 is 0 Å². The van der Waals surface area contributed by atoms with Gasteiger partial charge in [0.25, 0.3) is 5.56 Å². The van der Waals surface area contributed by atoms with E-state index in [4.69, 9.17) is 0 Å². The van der Waals surface area contributed by atoms with Crippen LogP contribution in [0.15, 0.2) is 29.2 Å². The van der Waals surface area contributed by atoms with Crippen molar-refractivity contribution in [3.63, 3.8) is 0 Å². The van der Waals surface area contributed by atoms with Crippen LogP contribution in [0.5, 0.6) is 0 Å². The Morgan fingerprint density at radius 3 is 2.41 bits per heavy atom. The Labute approximate surface area is 99.7 Å². The molecule has 4 nitrogen and oxygen atoms in total. The Kier molecular flexibility index (Phi) is 2.95. The first-order valence-electron chi connectivity index (χ1n) is 5.46. The van der Waals surface area contributed by atoms with Crippen LogP contribution in [0.25, 0.3) is 0 Å². The number of aryl methyl sites for hydroxylation is 3. The third-order valence-corrected chi connectivity index (χ3v) is 2.59. The first-order valence-corrected chi connectivity index (χ1v) is 5.46. The first kappa shape index (κ1) is 11.4. The van der Waals surface area contributed by atoms with Crippen LogP contribution in [0.1, 0.15) is 16.7 Å². The van der Waals surface area contributed by atoms with Gasteiger partial charge in [-0.1, -0.05) is 17.7 Å². The quantitative estimate of drug-likeness (QED) is 0.831. The minimum atomic E-state index is -0.162. The van der Waals surface area contributed by atoms with Gasteiger partial charge in [-0.3, -0.25) is 9.78 Å². The van der Waals surface area contributed by atoms with E-state index in [1.165, 1.54) is 17.8 Å². The summed E-state index contributed by atoms with van der Waals surface area (Å²) < 4.78 is 0. The van der Waals surface area contributed by atoms with Crippen molar-refractivity contribution in [1.82, 2.24) is 9.97 Å². The molecule has 0 aliphatic carbocycles. The Bertz CT molecular complexity index is 579. The molecule has 17 heavy (non-hydrogen) atoms. The molecular weight excluding hydrogens is 214 g/mol. The van der Waals surface area contributed by atoms with Gasteiger partial charge in [-0.05, 0) is 31.9 Å². The van der Waals surface area contributed by atoms with Crippen molar-refractivity contribution >= 4 is 11.6 Å². The third kappa shape index (κ3) is 2.53. The second-order valence-corrected chi connectivity index (χ2v) is 4.18. The maximum absolute atomic E-state index is 11.2. The number of hydrogen-bond acceptors (Lipinski definition) is 3. The summed E-state index contributed by atoms with van der Waals surface area (Å²) in [5.41, 5.74) is 4.32. The molecule has 1 aromatic carbocycles. The van der Waals surface area contributed by atoms with E-state index in [1.807, 2.05) is 13.8 Å². The minimum absolute atomic E-state index is 0.162. The molecule has 0 radical (unpaired) electrons. The summed E-state index contributed by atoms with van der Waals surface area (Å²) in [5.74, 6) is 0.465. The molecule has 0 spiro atoms. The number of rotatable bonds is 2. The maximum atomic E-state index is 11.2. The van der Waals surface area contributed by atoms with Crippen LogP contribution in [0.2, 0.25) is 0 Å². The average molecular weight is 229 g/mol. The summed E-state index contributed by atoms with van der Waals surface area (Å²) in [6.45, 7) is 6.12. The molecule has 0 bridgehead atoms. The molecule has 0 fully saturated rings. The topological polar surface area (TPSA) is 57.8 Å². The number of H-pyrrole nitrogens is 1. The second kappa shape index (κ2) is 4.41. The fraction of sp³-hybridized carbons (Fsp3) is 0.231. The number of anilines is 2. The SMILES string of the molecule is Cc1cc(C)c(Nc2nccc(=O)[nH]2)c(C)c1. The van der Waals surface area contributed by atoms with E-state index < -0.39 is 0 Å². The van der Waals surface area contributed by atoms with E-state index >= 15 is 0 Å². The van der Waals surface area contributed by atoms with Crippen molar-refractivity contribution in [2.24, 2.45) is 0 Å². The lowest BCUT2D eigenvalue weighted by molar-refractivity contribution is 1.11. The number of aromatic nitrogens is 2. The fourth-order valence-electron chi connectivity index (χ4n) is 1.93. The summed E-state index contributed by atoms with van der Waals surface area (Å²) in [4.78, 5) is 17.9. The van der Waals surface area contributed by atoms with Gasteiger partial charge in [0.1, 0.15) is 0 Å². The van der Waals surface area contributed by atoms with Crippen molar-refractivity contribution in [3.05, 3.63) is 51.4 Å². The Morgan fingerprint density at radius 2 is 1.82 bits per heavy atom. The van der Waals surface area contributed by atoms with E-state index in [9.17, 15) is 4.79 Å². The van der Waals surface area contributed by atoms with E-state index in [2.05, 4.69) is 34.3 Å². The van der Waals surface area contributed by atoms with E-state index in [1.54, 1.807) is 0 Å². The largest absolute Gasteiger partial charge is 0.325 e. The van der Waals surface area contributed by atoms with Crippen molar-refractivity contribution in [1.29, 1.82) is 0 Å². The summed E-state index contributed by atoms with van der Waals surface area (Å²) in [5, 5.41) is 3.14. The minimum Gasteiger partial charge on any atom is -0.325 e. The van der Waals surface area contributed by atoms with Crippen LogP contribution in [-0.4, -0.2) is 9.97 Å². The normalized spacial score (nSPS) is 10.3. The molecule has 1 heterocycles. The van der Waals surface area contributed by atoms with Gasteiger partial charge >= 0.3 is 0 Å². The summed E-state index contributed by atoms with van der Waals surface area (Å²) in [6, 6.07) is 5.58. The van der Waals surface area contributed by atoms with Crippen molar-refractivity contribution in [3.8, 4) is 0 Å². The summed E-state index contributed by atoms with van der Waals surface area (Å²) in [7, 11) is 0. The average Bonchev–Trinajstić information content (AvgIpc) is 2.23. The van der Waals surface area contributed by atoms with Crippen LogP contribution in [0.3, 0.4) is 0 Å². The molecule has 2 rings (SSSR count). The number of aromatic amines is 1. The molecule has 2 N–H and O–H groups in total. The predicted molar refractivity (Wildman–Crippen MR) is 68.8 cm³/mol. The van der Waals surface area contributed by atoms with Gasteiger partial charge in [0.05, 0.1) is 0 Å². The van der Waals surface area contributed by atoms with Crippen molar-refractivity contribution in [2.75, 3.05) is 5.32 Å². The zero-order chi connectivity index (χ0) is 12.4. The number of nitrogens with one attached hydrogen (secondary N) is 2. The van der Waals surface area contributed by atoms with Gasteiger partial charge in [-0.2, -0.15) is 0 Å². The molecule has 1 aromatic heterocycles. The lowest BCUT2D eigenvalue weighted by atomic mass is 10.1. The zero-order valence-corrected chi connectivity index (χ0v) is 10.2. The molecule has 2 aromatic rings. The standard InChI is InChI=1S/C13H15N3O/c1-8-6-9(2)12(10(3)7-8)16-13-14-5-4-11(17)15-13/h4-7H,1-3H3,(H2,14,15,16,17). The van der Waals surface area contributed by atoms with Crippen LogP contribution in [-0.2, 0) is 0 Å². The molecule has 0 amide bonds. The smallest absolute Gasteiger partial charge is 0.252 e. The highest BCUT2D eigenvalue weighted by molar-refractivity contribution is 5.63. The van der Waals surface area contributed by atoms with Crippen LogP contribution < -0.4 is 10.9 Å². The van der Waals surface area contributed by atoms with E-state index in [0.29, 0.717) is 5.95 Å². The van der Waals surface area contributed by atoms with Crippen LogP contribution in [0, 0.1) is 20.8 Å². The lowest BCUT2D eigenvalue weighted by Gasteiger charge is -2.12. The second-order valence-electron chi connectivity index (χ2n) is 4.18. The third-order valence-electron chi connectivity index (χ3n) is 2.59. The molecule has 0 aliphatic rings. The van der Waals surface area contributed by atoms with E-state index in [0.717, 1.165) is 16.8 Å².